The van der Waals surface area contributed by atoms with E-state index in [0.717, 1.165) is 32.2 Å². The lowest BCUT2D eigenvalue weighted by molar-refractivity contribution is -0.116. The number of nitrogens with zero attached hydrogens (tertiary/aromatic N) is 1. The van der Waals surface area contributed by atoms with Crippen molar-refractivity contribution in [3.05, 3.63) is 0 Å². The van der Waals surface area contributed by atoms with E-state index in [2.05, 4.69) is 17.2 Å². The van der Waals surface area contributed by atoms with Gasteiger partial charge >= 0.3 is 5.91 Å². The van der Waals surface area contributed by atoms with E-state index in [1.54, 1.807) is 0 Å². The van der Waals surface area contributed by atoms with E-state index < -0.39 is 0 Å². The number of ether oxygens (including phenoxy) is 1. The van der Waals surface area contributed by atoms with Gasteiger partial charge in [-0.2, -0.15) is 0 Å². The highest BCUT2D eigenvalue weighted by molar-refractivity contribution is 6.35. The zero-order valence-electron chi connectivity index (χ0n) is 8.71. The van der Waals surface area contributed by atoms with E-state index in [-0.39, 0.29) is 11.8 Å². The molecule has 0 saturated heterocycles. The highest BCUT2D eigenvalue weighted by atomic mass is 16.5. The second kappa shape index (κ2) is 6.40. The first-order chi connectivity index (χ1) is 6.84. The SMILES string of the molecule is CCCCCNC(=O)C1=NCCCO1. The molecule has 0 bridgehead atoms. The molecule has 1 N–H and O–H groups in total. The highest BCUT2D eigenvalue weighted by Crippen LogP contribution is 1.97. The van der Waals surface area contributed by atoms with E-state index >= 15 is 0 Å². The average molecular weight is 198 g/mol. The van der Waals surface area contributed by atoms with Gasteiger partial charge in [0.25, 0.3) is 5.90 Å². The van der Waals surface area contributed by atoms with E-state index in [1.807, 2.05) is 0 Å². The van der Waals surface area contributed by atoms with Crippen LogP contribution in [0, 0.1) is 0 Å². The molecule has 0 unspecified atom stereocenters. The Labute approximate surface area is 84.7 Å². The number of amides is 1. The predicted molar refractivity (Wildman–Crippen MR) is 55.4 cm³/mol. The fraction of sp³-hybridized carbons (Fsp3) is 0.800. The van der Waals surface area contributed by atoms with Crippen LogP contribution in [0.4, 0.5) is 0 Å². The molecule has 1 rings (SSSR count). The molecule has 14 heavy (non-hydrogen) atoms. The van der Waals surface area contributed by atoms with Gasteiger partial charge in [0, 0.05) is 19.5 Å². The van der Waals surface area contributed by atoms with E-state index in [4.69, 9.17) is 4.74 Å². The van der Waals surface area contributed by atoms with Gasteiger partial charge in [-0.1, -0.05) is 19.8 Å². The number of rotatable bonds is 5. The van der Waals surface area contributed by atoms with Crippen molar-refractivity contribution in [3.63, 3.8) is 0 Å². The summed E-state index contributed by atoms with van der Waals surface area (Å²) < 4.78 is 5.13. The molecule has 4 nitrogen and oxygen atoms in total. The minimum Gasteiger partial charge on any atom is -0.474 e. The zero-order chi connectivity index (χ0) is 10.2. The van der Waals surface area contributed by atoms with Crippen LogP contribution in [0.1, 0.15) is 32.6 Å². The smallest absolute Gasteiger partial charge is 0.306 e. The molecule has 0 atom stereocenters. The molecule has 0 aromatic rings. The molecule has 0 fully saturated rings. The van der Waals surface area contributed by atoms with Gasteiger partial charge in [0.05, 0.1) is 6.61 Å². The Morgan fingerprint density at radius 2 is 2.43 bits per heavy atom. The Bertz CT molecular complexity index is 214. The van der Waals surface area contributed by atoms with Crippen LogP contribution in [-0.4, -0.2) is 31.5 Å². The monoisotopic (exact) mass is 198 g/mol. The van der Waals surface area contributed by atoms with Crippen LogP contribution in [0.2, 0.25) is 0 Å². The first kappa shape index (κ1) is 11.0. The summed E-state index contributed by atoms with van der Waals surface area (Å²) in [5, 5.41) is 2.79. The largest absolute Gasteiger partial charge is 0.474 e. The fourth-order valence-electron chi connectivity index (χ4n) is 1.25. The van der Waals surface area contributed by atoms with Crippen molar-refractivity contribution in [1.82, 2.24) is 5.32 Å². The molecular weight excluding hydrogens is 180 g/mol. The lowest BCUT2D eigenvalue weighted by atomic mass is 10.2. The van der Waals surface area contributed by atoms with Gasteiger partial charge in [-0.15, -0.1) is 0 Å². The van der Waals surface area contributed by atoms with Crippen LogP contribution < -0.4 is 5.32 Å². The molecule has 1 aliphatic heterocycles. The van der Waals surface area contributed by atoms with Gasteiger partial charge in [0.1, 0.15) is 0 Å². The summed E-state index contributed by atoms with van der Waals surface area (Å²) in [6, 6.07) is 0. The van der Waals surface area contributed by atoms with Crippen LogP contribution in [0.15, 0.2) is 4.99 Å². The fourth-order valence-corrected chi connectivity index (χ4v) is 1.25. The molecular formula is C10H18N2O2. The number of hydrogen-bond acceptors (Lipinski definition) is 3. The summed E-state index contributed by atoms with van der Waals surface area (Å²) in [4.78, 5) is 15.4. The van der Waals surface area contributed by atoms with Crippen molar-refractivity contribution in [2.45, 2.75) is 32.6 Å². The molecule has 1 amide bonds. The van der Waals surface area contributed by atoms with Crippen molar-refractivity contribution in [1.29, 1.82) is 0 Å². The molecule has 80 valence electrons. The number of nitrogens with one attached hydrogen (secondary N) is 1. The summed E-state index contributed by atoms with van der Waals surface area (Å²) >= 11 is 0. The summed E-state index contributed by atoms with van der Waals surface area (Å²) in [5.74, 6) is 0.0913. The van der Waals surface area contributed by atoms with Crippen LogP contribution in [0.25, 0.3) is 0 Å². The number of hydrogen-bond donors (Lipinski definition) is 1. The topological polar surface area (TPSA) is 50.7 Å². The third-order valence-corrected chi connectivity index (χ3v) is 2.06. The maximum absolute atomic E-state index is 11.4. The Hall–Kier alpha value is -1.06. The Morgan fingerprint density at radius 1 is 1.57 bits per heavy atom. The van der Waals surface area contributed by atoms with Crippen molar-refractivity contribution in [2.24, 2.45) is 4.99 Å². The molecule has 4 heteroatoms. The molecule has 0 spiro atoms. The van der Waals surface area contributed by atoms with Crippen molar-refractivity contribution in [3.8, 4) is 0 Å². The average Bonchev–Trinajstić information content (AvgIpc) is 2.25. The van der Waals surface area contributed by atoms with Gasteiger partial charge in [0.2, 0.25) is 0 Å². The van der Waals surface area contributed by atoms with Gasteiger partial charge < -0.3 is 10.1 Å². The van der Waals surface area contributed by atoms with Gasteiger partial charge in [0.15, 0.2) is 0 Å². The maximum Gasteiger partial charge on any atom is 0.306 e. The maximum atomic E-state index is 11.4. The summed E-state index contributed by atoms with van der Waals surface area (Å²) in [6.07, 6.45) is 4.24. The lowest BCUT2D eigenvalue weighted by Gasteiger charge is -2.12. The Balaban J connectivity index is 2.17. The van der Waals surface area contributed by atoms with E-state index in [0.29, 0.717) is 13.2 Å². The number of aliphatic imine (C=N–C) groups is 1. The second-order valence-corrected chi connectivity index (χ2v) is 3.35. The third-order valence-electron chi connectivity index (χ3n) is 2.06. The number of unbranched alkanes of at least 4 members (excludes halogenated alkanes) is 2. The summed E-state index contributed by atoms with van der Waals surface area (Å²) in [5.41, 5.74) is 0. The molecule has 0 aromatic heterocycles. The van der Waals surface area contributed by atoms with Crippen molar-refractivity contribution >= 4 is 11.8 Å². The first-order valence-electron chi connectivity index (χ1n) is 5.30. The van der Waals surface area contributed by atoms with E-state index in [1.165, 1.54) is 0 Å². The van der Waals surface area contributed by atoms with Crippen LogP contribution in [0.3, 0.4) is 0 Å². The van der Waals surface area contributed by atoms with Crippen molar-refractivity contribution < 1.29 is 9.53 Å². The van der Waals surface area contributed by atoms with Gasteiger partial charge in [-0.25, -0.2) is 4.99 Å². The molecule has 1 heterocycles. The zero-order valence-corrected chi connectivity index (χ0v) is 8.71. The standard InChI is InChI=1S/C10H18N2O2/c1-2-3-4-6-11-9(13)10-12-7-5-8-14-10/h2-8H2,1H3,(H,11,13). The minimum atomic E-state index is -0.166. The van der Waals surface area contributed by atoms with Crippen molar-refractivity contribution in [2.75, 3.05) is 19.7 Å². The molecule has 0 saturated carbocycles. The predicted octanol–water partition coefficient (Wildman–Crippen LogP) is 1.11. The van der Waals surface area contributed by atoms with Gasteiger partial charge in [-0.3, -0.25) is 4.79 Å². The molecule has 0 aliphatic carbocycles. The van der Waals surface area contributed by atoms with E-state index in [9.17, 15) is 4.79 Å². The molecule has 1 aliphatic rings. The minimum absolute atomic E-state index is 0.166. The normalized spacial score (nSPS) is 15.6. The third kappa shape index (κ3) is 3.77. The molecule has 0 radical (unpaired) electrons. The van der Waals surface area contributed by atoms with Crippen LogP contribution in [0.5, 0.6) is 0 Å². The summed E-state index contributed by atoms with van der Waals surface area (Å²) in [7, 11) is 0. The molecule has 0 aromatic carbocycles. The highest BCUT2D eigenvalue weighted by Gasteiger charge is 2.14. The quantitative estimate of drug-likeness (QED) is 0.673. The number of carbonyl (C=O) groups excluding carboxylic acids is 1. The van der Waals surface area contributed by atoms with Crippen LogP contribution in [-0.2, 0) is 9.53 Å². The first-order valence-corrected chi connectivity index (χ1v) is 5.30. The number of carbonyl (C=O) groups is 1. The van der Waals surface area contributed by atoms with Gasteiger partial charge in [-0.05, 0) is 6.42 Å². The Kier molecular flexibility index (Phi) is 5.04. The van der Waals surface area contributed by atoms with Crippen LogP contribution >= 0.6 is 0 Å². The second-order valence-electron chi connectivity index (χ2n) is 3.35. The Morgan fingerprint density at radius 3 is 3.07 bits per heavy atom. The summed E-state index contributed by atoms with van der Waals surface area (Å²) in [6.45, 7) is 4.17. The lowest BCUT2D eigenvalue weighted by Crippen LogP contribution is -2.35.